The van der Waals surface area contributed by atoms with Gasteiger partial charge in [-0.1, -0.05) is 110 Å². The third kappa shape index (κ3) is 11.0. The fourth-order valence-electron chi connectivity index (χ4n) is 5.36. The average molecular weight is 743 g/mol. The van der Waals surface area contributed by atoms with Crippen LogP contribution in [0.2, 0.25) is 0 Å². The summed E-state index contributed by atoms with van der Waals surface area (Å²) in [6, 6.07) is 43.9. The van der Waals surface area contributed by atoms with E-state index in [1.54, 1.807) is 0 Å². The van der Waals surface area contributed by atoms with Crippen molar-refractivity contribution in [1.29, 1.82) is 0 Å². The molecule has 0 saturated carbocycles. The predicted octanol–water partition coefficient (Wildman–Crippen LogP) is 13.0. The Morgan fingerprint density at radius 3 is 1.21 bits per heavy atom. The van der Waals surface area contributed by atoms with E-state index < -0.39 is 0 Å². The summed E-state index contributed by atoms with van der Waals surface area (Å²) in [5, 5.41) is 5.48. The predicted molar refractivity (Wildman–Crippen MR) is 211 cm³/mol. The quantitative estimate of drug-likeness (QED) is 0.155. The fraction of sp³-hybridized carbons (Fsp3) is 0.295. The first-order valence-corrected chi connectivity index (χ1v) is 17.3. The Kier molecular flexibility index (Phi) is 14.4. The Bertz CT molecular complexity index is 1740. The summed E-state index contributed by atoms with van der Waals surface area (Å²) in [5.74, 6) is 0. The number of fused-ring (bicyclic) bond motifs is 3. The molecule has 0 spiro atoms. The molecule has 0 unspecified atom stereocenters. The van der Waals surface area contributed by atoms with Crippen molar-refractivity contribution in [2.75, 3.05) is 0 Å². The number of halogens is 2. The number of rotatable bonds is 2. The molecule has 0 aromatic heterocycles. The van der Waals surface area contributed by atoms with E-state index in [1.807, 2.05) is 0 Å². The van der Waals surface area contributed by atoms with E-state index in [1.165, 1.54) is 82.4 Å². The van der Waals surface area contributed by atoms with E-state index in [2.05, 4.69) is 191 Å². The molecule has 6 aromatic carbocycles. The van der Waals surface area contributed by atoms with E-state index in [-0.39, 0.29) is 35.6 Å². The first kappa shape index (κ1) is 40.6. The first-order chi connectivity index (χ1) is 21.0. The van der Waals surface area contributed by atoms with Crippen molar-refractivity contribution in [1.82, 2.24) is 0 Å². The minimum atomic E-state index is 0. The van der Waals surface area contributed by atoms with Gasteiger partial charge >= 0.3 is 99.2 Å². The molecule has 6 aromatic rings. The van der Waals surface area contributed by atoms with Crippen LogP contribution in [-0.2, 0) is 40.5 Å². The van der Waals surface area contributed by atoms with Crippen LogP contribution in [0.15, 0.2) is 121 Å². The van der Waals surface area contributed by atoms with E-state index in [0.29, 0.717) is 5.41 Å². The van der Waals surface area contributed by atoms with Gasteiger partial charge in [0.1, 0.15) is 0 Å². The summed E-state index contributed by atoms with van der Waals surface area (Å²) in [7, 11) is 0. The molecule has 0 aliphatic heterocycles. The van der Waals surface area contributed by atoms with E-state index in [4.69, 9.17) is 0 Å². The molecule has 6 rings (SSSR count). The Balaban J connectivity index is 0.000000258. The number of hydrogen-bond donors (Lipinski definition) is 0. The molecule has 0 nitrogen and oxygen atoms in total. The number of aryl methyl sites for hydroxylation is 1. The van der Waals surface area contributed by atoms with Gasteiger partial charge in [0.25, 0.3) is 0 Å². The molecule has 0 bridgehead atoms. The van der Waals surface area contributed by atoms with Crippen molar-refractivity contribution >= 4 is 49.6 Å². The molecular formula is C44H52Cl2Zr. The molecule has 0 heterocycles. The van der Waals surface area contributed by atoms with Crippen molar-refractivity contribution < 1.29 is 24.2 Å². The molecular weight excluding hydrogens is 691 g/mol. The monoisotopic (exact) mass is 740 g/mol. The molecule has 0 radical (unpaired) electrons. The van der Waals surface area contributed by atoms with Gasteiger partial charge in [-0.3, -0.25) is 0 Å². The summed E-state index contributed by atoms with van der Waals surface area (Å²) in [6.45, 7) is 22.5. The summed E-state index contributed by atoms with van der Waals surface area (Å²) in [5.41, 5.74) is 8.99. The molecule has 246 valence electrons. The van der Waals surface area contributed by atoms with Crippen molar-refractivity contribution in [3.8, 4) is 0 Å². The van der Waals surface area contributed by atoms with Crippen LogP contribution >= 0.6 is 24.8 Å². The Morgan fingerprint density at radius 2 is 0.915 bits per heavy atom. The second-order valence-corrected chi connectivity index (χ2v) is 16.5. The third-order valence-electron chi connectivity index (χ3n) is 8.34. The van der Waals surface area contributed by atoms with Gasteiger partial charge < -0.3 is 0 Å². The first-order valence-electron chi connectivity index (χ1n) is 16.1. The Labute approximate surface area is 311 Å². The van der Waals surface area contributed by atoms with Gasteiger partial charge in [0, 0.05) is 0 Å². The van der Waals surface area contributed by atoms with Crippen LogP contribution in [-0.4, -0.2) is 3.21 Å². The van der Waals surface area contributed by atoms with Crippen molar-refractivity contribution in [2.45, 2.75) is 85.5 Å². The summed E-state index contributed by atoms with van der Waals surface area (Å²) >= 11 is 1.46. The molecule has 0 atom stereocenters. The van der Waals surface area contributed by atoms with Crippen LogP contribution in [0.5, 0.6) is 0 Å². The molecule has 47 heavy (non-hydrogen) atoms. The van der Waals surface area contributed by atoms with Gasteiger partial charge in [0.05, 0.1) is 0 Å². The zero-order chi connectivity index (χ0) is 33.0. The van der Waals surface area contributed by atoms with Crippen molar-refractivity contribution in [3.05, 3.63) is 155 Å². The summed E-state index contributed by atoms with van der Waals surface area (Å²) in [4.78, 5) is 0. The van der Waals surface area contributed by atoms with Gasteiger partial charge in [-0.05, 0) is 10.8 Å². The van der Waals surface area contributed by atoms with Crippen LogP contribution in [0.25, 0.3) is 21.5 Å². The molecule has 3 heteroatoms. The number of benzene rings is 4. The Hall–Kier alpha value is -2.57. The molecule has 0 aliphatic rings. The molecule has 0 amide bonds. The van der Waals surface area contributed by atoms with E-state index in [0.717, 1.165) is 0 Å². The average Bonchev–Trinajstić information content (AvgIpc) is 3.60. The van der Waals surface area contributed by atoms with Crippen LogP contribution in [0, 0.1) is 6.92 Å². The standard InChI is InChI=1S/C21H25.C13H10.C10H15.2ClH.Zr/c1-20(2,3)16-7-9-18-14(12-16)11-15-13-17(21(4,5)6)8-10-19(15)18;1-3-7-12(8-4-1)11-13-9-5-2-6-10-13;1-8-5-6-9(7-8)10(2,3)4;;;/h7-13H,1-6H3;1-10H;5-7H,1-4H3;2*1H;/q-1;;-1;;;+2. The zero-order valence-electron chi connectivity index (χ0n) is 29.9. The molecule has 0 saturated heterocycles. The topological polar surface area (TPSA) is 0 Å². The van der Waals surface area contributed by atoms with Gasteiger partial charge in [0.15, 0.2) is 0 Å². The summed E-state index contributed by atoms with van der Waals surface area (Å²) in [6.07, 6.45) is 0. The normalized spacial score (nSPS) is 11.4. The summed E-state index contributed by atoms with van der Waals surface area (Å²) < 4.78 is 1.42. The van der Waals surface area contributed by atoms with Gasteiger partial charge in [-0.15, -0.1) is 64.6 Å². The van der Waals surface area contributed by atoms with Crippen LogP contribution in [0.3, 0.4) is 0 Å². The third-order valence-corrected chi connectivity index (χ3v) is 9.76. The van der Waals surface area contributed by atoms with Gasteiger partial charge in [0.2, 0.25) is 0 Å². The van der Waals surface area contributed by atoms with Crippen molar-refractivity contribution in [3.63, 3.8) is 0 Å². The van der Waals surface area contributed by atoms with Gasteiger partial charge in [-0.25, -0.2) is 6.07 Å². The molecule has 0 N–H and O–H groups in total. The SMILES string of the molecule is CC(C)(C)c1ccc2c(c1)[cH-]c1cc(C(C)(C)C)ccc12.C[c-]1ccc(C(C)(C)C)c1.Cl.Cl.[Zr+2]=[C](c1ccccc1)c1ccccc1. The fourth-order valence-corrected chi connectivity index (χ4v) is 6.18. The maximum atomic E-state index is 2.35. The second kappa shape index (κ2) is 16.7. The molecule has 0 aliphatic carbocycles. The van der Waals surface area contributed by atoms with Crippen LogP contribution < -0.4 is 0 Å². The number of hydrogen-bond acceptors (Lipinski definition) is 0. The zero-order valence-corrected chi connectivity index (χ0v) is 34.0. The van der Waals surface area contributed by atoms with E-state index >= 15 is 0 Å². The van der Waals surface area contributed by atoms with Crippen LogP contribution in [0.4, 0.5) is 0 Å². The maximum absolute atomic E-state index is 2.35. The van der Waals surface area contributed by atoms with E-state index in [9.17, 15) is 0 Å². The van der Waals surface area contributed by atoms with Gasteiger partial charge in [-0.2, -0.15) is 23.3 Å². The Morgan fingerprint density at radius 1 is 0.532 bits per heavy atom. The van der Waals surface area contributed by atoms with Crippen molar-refractivity contribution in [2.24, 2.45) is 0 Å². The second-order valence-electron chi connectivity index (χ2n) is 15.3. The minimum absolute atomic E-state index is 0. The molecule has 0 fully saturated rings. The van der Waals surface area contributed by atoms with Crippen LogP contribution in [0.1, 0.15) is 95.7 Å².